The molecule has 11 rings (SSSR count). The molecule has 318 valence electrons. The second-order valence-electron chi connectivity index (χ2n) is 17.2. The summed E-state index contributed by atoms with van der Waals surface area (Å²) in [5.41, 5.74) is 9.70. The van der Waals surface area contributed by atoms with E-state index in [9.17, 15) is 15.2 Å². The Morgan fingerprint density at radius 2 is 1.06 bits per heavy atom. The van der Waals surface area contributed by atoms with E-state index in [2.05, 4.69) is 116 Å². The van der Waals surface area contributed by atoms with Gasteiger partial charge >= 0.3 is 5.97 Å². The molecule has 4 unspecified atom stereocenters. The van der Waals surface area contributed by atoms with Crippen molar-refractivity contribution >= 4 is 51.8 Å². The third kappa shape index (κ3) is 8.42. The molecule has 0 aliphatic heterocycles. The van der Waals surface area contributed by atoms with E-state index >= 15 is 0 Å². The minimum atomic E-state index is -1.17. The number of unbranched alkanes of at least 4 members (excludes halogenated alkanes) is 6. The van der Waals surface area contributed by atoms with Gasteiger partial charge in [0.2, 0.25) is 0 Å². The van der Waals surface area contributed by atoms with Crippen LogP contribution in [0.5, 0.6) is 11.5 Å². The van der Waals surface area contributed by atoms with Crippen LogP contribution >= 0.6 is 22.7 Å². The zero-order valence-electron chi connectivity index (χ0n) is 35.9. The van der Waals surface area contributed by atoms with Crippen LogP contribution in [-0.4, -0.2) is 24.3 Å². The Labute approximate surface area is 374 Å². The first kappa shape index (κ1) is 42.0. The number of allylic oxidation sites excluding steroid dienone is 4. The van der Waals surface area contributed by atoms with E-state index in [-0.39, 0.29) is 11.5 Å². The van der Waals surface area contributed by atoms with Crippen molar-refractivity contribution < 1.29 is 19.4 Å². The summed E-state index contributed by atoms with van der Waals surface area (Å²) in [6, 6.07) is 28.0. The van der Waals surface area contributed by atoms with Crippen LogP contribution in [0.25, 0.3) is 26.3 Å². The van der Waals surface area contributed by atoms with Gasteiger partial charge in [-0.15, -0.1) is 22.7 Å². The second kappa shape index (κ2) is 18.9. The molecule has 0 spiro atoms. The third-order valence-corrected chi connectivity index (χ3v) is 15.8. The van der Waals surface area contributed by atoms with E-state index in [1.165, 1.54) is 81.0 Å². The van der Waals surface area contributed by atoms with Crippen LogP contribution in [0.15, 0.2) is 103 Å². The molecule has 0 saturated heterocycles. The Kier molecular flexibility index (Phi) is 12.8. The van der Waals surface area contributed by atoms with E-state index in [4.69, 9.17) is 9.47 Å². The fourth-order valence-corrected chi connectivity index (χ4v) is 13.0. The number of benzene rings is 3. The van der Waals surface area contributed by atoms with Crippen molar-refractivity contribution in [3.8, 4) is 37.8 Å². The molecular weight excluding hydrogens is 805 g/mol. The number of anilines is 3. The first-order chi connectivity index (χ1) is 30.4. The summed E-state index contributed by atoms with van der Waals surface area (Å²) in [7, 11) is 0. The lowest BCUT2D eigenvalue weighted by molar-refractivity contribution is -0.132. The molecule has 0 amide bonds. The Hall–Kier alpha value is -5.36. The molecule has 8 heteroatoms. The van der Waals surface area contributed by atoms with E-state index in [0.717, 1.165) is 85.2 Å². The molecule has 6 nitrogen and oxygen atoms in total. The van der Waals surface area contributed by atoms with Crippen LogP contribution in [0, 0.1) is 11.3 Å². The highest BCUT2D eigenvalue weighted by Crippen LogP contribution is 2.61. The van der Waals surface area contributed by atoms with Crippen LogP contribution < -0.4 is 14.4 Å². The number of thiophene rings is 2. The predicted octanol–water partition coefficient (Wildman–Crippen LogP) is 15.6. The molecule has 6 aliphatic rings. The quantitative estimate of drug-likeness (QED) is 0.0385. The average Bonchev–Trinajstić information content (AvgIpc) is 3.92. The van der Waals surface area contributed by atoms with Crippen molar-refractivity contribution in [2.45, 2.75) is 115 Å². The smallest absolute Gasteiger partial charge is 0.346 e. The summed E-state index contributed by atoms with van der Waals surface area (Å²) in [6.07, 6.45) is 25.0. The van der Waals surface area contributed by atoms with Gasteiger partial charge in [-0.25, -0.2) is 4.79 Å². The molecule has 0 radical (unpaired) electrons. The number of nitrogens with zero attached hydrogens (tertiary/aromatic N) is 2. The number of carboxylic acids is 1. The third-order valence-electron chi connectivity index (χ3n) is 13.2. The highest BCUT2D eigenvalue weighted by molar-refractivity contribution is 7.24. The maximum atomic E-state index is 12.0. The van der Waals surface area contributed by atoms with Gasteiger partial charge in [-0.2, -0.15) is 5.26 Å². The molecule has 62 heavy (non-hydrogen) atoms. The SMILES string of the molecule is CCCCCCOc1ccc(N(c2ccc(OCCCCCC)cc2)c2ccc(-c3sc(-c4sc(/C=C(\C#N)C(=O)O)c5c4C4C=CC5CC4)c4c3C3C=CC4CC3)cc2)cc1. The van der Waals surface area contributed by atoms with Crippen molar-refractivity contribution in [3.63, 3.8) is 0 Å². The van der Waals surface area contributed by atoms with E-state index in [1.807, 2.05) is 17.4 Å². The summed E-state index contributed by atoms with van der Waals surface area (Å²) in [6.45, 7) is 5.92. The Bertz CT molecular complexity index is 2460. The van der Waals surface area contributed by atoms with E-state index in [1.54, 1.807) is 17.4 Å². The van der Waals surface area contributed by atoms with Gasteiger partial charge in [0.15, 0.2) is 0 Å². The summed E-state index contributed by atoms with van der Waals surface area (Å²) >= 11 is 3.60. The fraction of sp³-hybridized carbons (Fsp3) is 0.370. The molecule has 0 fully saturated rings. The summed E-state index contributed by atoms with van der Waals surface area (Å²) in [5, 5.41) is 19.6. The first-order valence-electron chi connectivity index (χ1n) is 22.9. The average molecular weight is 861 g/mol. The maximum absolute atomic E-state index is 12.0. The normalized spacial score (nSPS) is 19.3. The van der Waals surface area contributed by atoms with Crippen molar-refractivity contribution in [2.24, 2.45) is 0 Å². The van der Waals surface area contributed by atoms with Crippen molar-refractivity contribution in [3.05, 3.63) is 130 Å². The Morgan fingerprint density at radius 3 is 1.52 bits per heavy atom. The molecule has 4 bridgehead atoms. The number of rotatable bonds is 19. The zero-order chi connectivity index (χ0) is 42.6. The summed E-state index contributed by atoms with van der Waals surface area (Å²) in [5.74, 6) is 1.89. The molecule has 0 saturated carbocycles. The minimum Gasteiger partial charge on any atom is -0.494 e. The van der Waals surface area contributed by atoms with E-state index in [0.29, 0.717) is 17.8 Å². The van der Waals surface area contributed by atoms with Crippen molar-refractivity contribution in [1.29, 1.82) is 5.26 Å². The lowest BCUT2D eigenvalue weighted by Crippen LogP contribution is -2.18. The molecule has 6 aliphatic carbocycles. The lowest BCUT2D eigenvalue weighted by Gasteiger charge is -2.34. The van der Waals surface area contributed by atoms with Gasteiger partial charge in [0.25, 0.3) is 0 Å². The molecular formula is C54H56N2O4S2. The molecule has 4 atom stereocenters. The lowest BCUT2D eigenvalue weighted by atomic mass is 9.69. The number of carboxylic acid groups (broad SMARTS) is 1. The number of carbonyl (C=O) groups is 1. The largest absolute Gasteiger partial charge is 0.494 e. The van der Waals surface area contributed by atoms with Crippen molar-refractivity contribution in [1.82, 2.24) is 0 Å². The number of hydrogen-bond acceptors (Lipinski definition) is 7. The molecule has 1 N–H and O–H groups in total. The second-order valence-corrected chi connectivity index (χ2v) is 19.3. The first-order valence-corrected chi connectivity index (χ1v) is 24.5. The van der Waals surface area contributed by atoms with Gasteiger partial charge in [-0.05, 0) is 133 Å². The Balaban J connectivity index is 1.07. The number of hydrogen-bond donors (Lipinski definition) is 1. The predicted molar refractivity (Wildman–Crippen MR) is 256 cm³/mol. The highest BCUT2D eigenvalue weighted by atomic mass is 32.1. The highest BCUT2D eigenvalue weighted by Gasteiger charge is 2.40. The summed E-state index contributed by atoms with van der Waals surface area (Å²) < 4.78 is 12.3. The molecule has 2 aromatic heterocycles. The number of ether oxygens (including phenoxy) is 2. The monoisotopic (exact) mass is 860 g/mol. The number of fused-ring (bicyclic) bond motifs is 2. The zero-order valence-corrected chi connectivity index (χ0v) is 37.5. The minimum absolute atomic E-state index is 0.208. The van der Waals surface area contributed by atoms with Crippen LogP contribution in [0.1, 0.15) is 142 Å². The molecule has 2 heterocycles. The van der Waals surface area contributed by atoms with Gasteiger partial charge in [-0.3, -0.25) is 0 Å². The standard InChI is InChI=1S/C54H56N2O4S2/c1-3-5-7-9-31-59-44-27-23-42(24-28-44)56(43-25-29-45(30-26-43)60-32-10-8-6-4-2)41-21-19-39(20-22-41)51-49-37-15-17-38(18-16-37)50(49)53(62-51)52-48-36-13-11-35(12-14-36)47(48)46(61-52)33-40(34-55)54(57)58/h11,13,15,17,19-30,33,35-38H,3-10,12,14,16,18,31-32H2,1-2H3,(H,57,58)/b40-33+. The van der Waals surface area contributed by atoms with Crippen LogP contribution in [0.2, 0.25) is 0 Å². The van der Waals surface area contributed by atoms with Gasteiger partial charge in [0, 0.05) is 60.2 Å². The molecule has 3 aromatic carbocycles. The van der Waals surface area contributed by atoms with Gasteiger partial charge in [0.1, 0.15) is 23.1 Å². The number of nitriles is 1. The van der Waals surface area contributed by atoms with Crippen LogP contribution in [0.3, 0.4) is 0 Å². The fourth-order valence-electron chi connectivity index (χ4n) is 9.98. The Morgan fingerprint density at radius 1 is 0.629 bits per heavy atom. The topological polar surface area (TPSA) is 82.8 Å². The van der Waals surface area contributed by atoms with Gasteiger partial charge in [-0.1, -0.05) is 88.8 Å². The molecule has 5 aromatic rings. The van der Waals surface area contributed by atoms with Crippen LogP contribution in [0.4, 0.5) is 17.1 Å². The summed E-state index contributed by atoms with van der Waals surface area (Å²) in [4.78, 5) is 19.2. The van der Waals surface area contributed by atoms with Gasteiger partial charge in [0.05, 0.1) is 13.2 Å². The van der Waals surface area contributed by atoms with Crippen LogP contribution in [-0.2, 0) is 4.79 Å². The van der Waals surface area contributed by atoms with Crippen molar-refractivity contribution in [2.75, 3.05) is 18.1 Å². The van der Waals surface area contributed by atoms with E-state index < -0.39 is 5.97 Å². The maximum Gasteiger partial charge on any atom is 0.346 e. The number of aliphatic carboxylic acids is 1. The van der Waals surface area contributed by atoms with Gasteiger partial charge < -0.3 is 19.5 Å².